The monoisotopic (exact) mass is 336 g/mol. The summed E-state index contributed by atoms with van der Waals surface area (Å²) >= 11 is 0. The average Bonchev–Trinajstić information content (AvgIpc) is 3.26. The maximum absolute atomic E-state index is 13.6. The van der Waals surface area contributed by atoms with Gasteiger partial charge in [-0.3, -0.25) is 4.79 Å². The Labute approximate surface area is 142 Å². The van der Waals surface area contributed by atoms with Crippen LogP contribution < -0.4 is 5.32 Å². The minimum absolute atomic E-state index is 0.0106. The van der Waals surface area contributed by atoms with Crippen molar-refractivity contribution in [2.75, 3.05) is 0 Å². The van der Waals surface area contributed by atoms with Crippen molar-refractivity contribution in [3.63, 3.8) is 0 Å². The van der Waals surface area contributed by atoms with Gasteiger partial charge in [0.05, 0.1) is 12.1 Å². The first-order valence-electron chi connectivity index (χ1n) is 7.68. The van der Waals surface area contributed by atoms with E-state index in [1.807, 2.05) is 30.3 Å². The van der Waals surface area contributed by atoms with Crippen LogP contribution in [0.2, 0.25) is 0 Å². The molecule has 0 saturated carbocycles. The maximum atomic E-state index is 13.6. The van der Waals surface area contributed by atoms with Gasteiger partial charge in [-0.05, 0) is 24.3 Å². The van der Waals surface area contributed by atoms with Gasteiger partial charge in [-0.15, -0.1) is 0 Å². The Hall–Kier alpha value is -3.41. The molecule has 1 amide bonds. The van der Waals surface area contributed by atoms with Gasteiger partial charge in [0.1, 0.15) is 17.1 Å². The average molecular weight is 336 g/mol. The smallest absolute Gasteiger partial charge is 0.254 e. The summed E-state index contributed by atoms with van der Waals surface area (Å²) in [5.74, 6) is -0.0544. The lowest BCUT2D eigenvalue weighted by Gasteiger charge is -2.03. The van der Waals surface area contributed by atoms with Crippen molar-refractivity contribution in [2.24, 2.45) is 0 Å². The molecule has 0 bridgehead atoms. The van der Waals surface area contributed by atoms with Crippen molar-refractivity contribution in [3.8, 4) is 11.5 Å². The summed E-state index contributed by atoms with van der Waals surface area (Å²) < 4.78 is 24.6. The number of fused-ring (bicyclic) bond motifs is 1. The number of nitrogens with one attached hydrogen (secondary N) is 1. The standard InChI is InChI=1S/C19H13FN2O3/c20-15-7-3-2-6-14(15)19(23)21-11-13-10-18(25-22-13)17-9-12-5-1-4-8-16(12)24-17/h1-10H,11H2,(H,21,23). The SMILES string of the molecule is O=C(NCc1cc(-c2cc3ccccc3o2)on1)c1ccccc1F. The van der Waals surface area contributed by atoms with E-state index in [0.29, 0.717) is 17.2 Å². The minimum atomic E-state index is -0.567. The summed E-state index contributed by atoms with van der Waals surface area (Å²) in [5, 5.41) is 7.48. The van der Waals surface area contributed by atoms with Crippen LogP contribution >= 0.6 is 0 Å². The van der Waals surface area contributed by atoms with Crippen molar-refractivity contribution < 1.29 is 18.1 Å². The van der Waals surface area contributed by atoms with E-state index in [2.05, 4.69) is 10.5 Å². The Bertz CT molecular complexity index is 1020. The zero-order valence-corrected chi connectivity index (χ0v) is 13.0. The van der Waals surface area contributed by atoms with E-state index in [9.17, 15) is 9.18 Å². The number of amides is 1. The molecule has 5 nitrogen and oxygen atoms in total. The predicted octanol–water partition coefficient (Wildman–Crippen LogP) is 4.16. The number of halogens is 1. The number of nitrogens with zero attached hydrogens (tertiary/aromatic N) is 1. The second-order valence-electron chi connectivity index (χ2n) is 5.49. The number of aromatic nitrogens is 1. The molecule has 0 unspecified atom stereocenters. The minimum Gasteiger partial charge on any atom is -0.453 e. The third kappa shape index (κ3) is 3.01. The molecular weight excluding hydrogens is 323 g/mol. The van der Waals surface area contributed by atoms with E-state index in [1.54, 1.807) is 12.1 Å². The van der Waals surface area contributed by atoms with Crippen LogP contribution in [-0.4, -0.2) is 11.1 Å². The summed E-state index contributed by atoms with van der Waals surface area (Å²) in [6.07, 6.45) is 0. The molecule has 25 heavy (non-hydrogen) atoms. The summed E-state index contributed by atoms with van der Waals surface area (Å²) in [5.41, 5.74) is 1.26. The lowest BCUT2D eigenvalue weighted by Crippen LogP contribution is -2.23. The highest BCUT2D eigenvalue weighted by Gasteiger charge is 2.14. The molecule has 2 heterocycles. The number of rotatable bonds is 4. The highest BCUT2D eigenvalue weighted by molar-refractivity contribution is 5.94. The molecule has 0 aliphatic rings. The van der Waals surface area contributed by atoms with Crippen molar-refractivity contribution in [1.29, 1.82) is 0 Å². The number of para-hydroxylation sites is 1. The molecule has 1 N–H and O–H groups in total. The molecule has 124 valence electrons. The molecule has 2 aromatic heterocycles. The van der Waals surface area contributed by atoms with E-state index < -0.39 is 11.7 Å². The molecule has 0 saturated heterocycles. The van der Waals surface area contributed by atoms with Crippen molar-refractivity contribution in [2.45, 2.75) is 6.54 Å². The van der Waals surface area contributed by atoms with Crippen LogP contribution in [0.5, 0.6) is 0 Å². The molecule has 0 fully saturated rings. The molecular formula is C19H13FN2O3. The third-order valence-corrected chi connectivity index (χ3v) is 3.78. The molecule has 4 rings (SSSR count). The molecule has 0 aliphatic heterocycles. The van der Waals surface area contributed by atoms with Crippen molar-refractivity contribution in [1.82, 2.24) is 10.5 Å². The topological polar surface area (TPSA) is 68.3 Å². The Morgan fingerprint density at radius 3 is 2.68 bits per heavy atom. The number of benzene rings is 2. The molecule has 0 atom stereocenters. The fraction of sp³-hybridized carbons (Fsp3) is 0.0526. The van der Waals surface area contributed by atoms with Gasteiger partial charge in [0.25, 0.3) is 5.91 Å². The first-order valence-corrected chi connectivity index (χ1v) is 7.68. The second-order valence-corrected chi connectivity index (χ2v) is 5.49. The first kappa shape index (κ1) is 15.1. The van der Waals surface area contributed by atoms with Gasteiger partial charge in [0, 0.05) is 11.5 Å². The molecule has 2 aromatic carbocycles. The van der Waals surface area contributed by atoms with E-state index in [0.717, 1.165) is 11.0 Å². The van der Waals surface area contributed by atoms with Gasteiger partial charge in [-0.25, -0.2) is 4.39 Å². The number of carbonyl (C=O) groups excluding carboxylic acids is 1. The van der Waals surface area contributed by atoms with E-state index >= 15 is 0 Å². The lowest BCUT2D eigenvalue weighted by molar-refractivity contribution is 0.0946. The molecule has 0 radical (unpaired) electrons. The third-order valence-electron chi connectivity index (χ3n) is 3.78. The Morgan fingerprint density at radius 2 is 1.84 bits per heavy atom. The lowest BCUT2D eigenvalue weighted by atomic mass is 10.2. The Kier molecular flexibility index (Phi) is 3.78. The fourth-order valence-electron chi connectivity index (χ4n) is 2.53. The number of hydrogen-bond donors (Lipinski definition) is 1. The molecule has 0 aliphatic carbocycles. The van der Waals surface area contributed by atoms with Gasteiger partial charge in [0.2, 0.25) is 5.76 Å². The van der Waals surface area contributed by atoms with Gasteiger partial charge in [-0.2, -0.15) is 0 Å². The second kappa shape index (κ2) is 6.24. The van der Waals surface area contributed by atoms with E-state index in [-0.39, 0.29) is 12.1 Å². The van der Waals surface area contributed by atoms with Crippen LogP contribution in [0.3, 0.4) is 0 Å². The van der Waals surface area contributed by atoms with Crippen molar-refractivity contribution in [3.05, 3.63) is 77.7 Å². The molecule has 6 heteroatoms. The zero-order valence-electron chi connectivity index (χ0n) is 13.0. The Balaban J connectivity index is 1.48. The van der Waals surface area contributed by atoms with Crippen molar-refractivity contribution >= 4 is 16.9 Å². The number of hydrogen-bond acceptors (Lipinski definition) is 4. The summed E-state index contributed by atoms with van der Waals surface area (Å²) in [6, 6.07) is 17.0. The van der Waals surface area contributed by atoms with E-state index in [4.69, 9.17) is 8.94 Å². The quantitative estimate of drug-likeness (QED) is 0.608. The molecule has 4 aromatic rings. The molecule has 0 spiro atoms. The maximum Gasteiger partial charge on any atom is 0.254 e. The van der Waals surface area contributed by atoms with Crippen LogP contribution in [0.4, 0.5) is 4.39 Å². The predicted molar refractivity (Wildman–Crippen MR) is 89.3 cm³/mol. The van der Waals surface area contributed by atoms with Crippen LogP contribution in [0.15, 0.2) is 69.6 Å². The van der Waals surface area contributed by atoms with E-state index in [1.165, 1.54) is 18.2 Å². The van der Waals surface area contributed by atoms with Crippen LogP contribution in [0.25, 0.3) is 22.5 Å². The zero-order chi connectivity index (χ0) is 17.2. The van der Waals surface area contributed by atoms with Crippen LogP contribution in [0.1, 0.15) is 16.1 Å². The summed E-state index contributed by atoms with van der Waals surface area (Å²) in [6.45, 7) is 0.122. The highest BCUT2D eigenvalue weighted by atomic mass is 19.1. The van der Waals surface area contributed by atoms with Gasteiger partial charge >= 0.3 is 0 Å². The van der Waals surface area contributed by atoms with Gasteiger partial charge < -0.3 is 14.3 Å². The van der Waals surface area contributed by atoms with Crippen LogP contribution in [-0.2, 0) is 6.54 Å². The number of carbonyl (C=O) groups is 1. The van der Waals surface area contributed by atoms with Crippen LogP contribution in [0, 0.1) is 5.82 Å². The normalized spacial score (nSPS) is 10.9. The highest BCUT2D eigenvalue weighted by Crippen LogP contribution is 2.28. The van der Waals surface area contributed by atoms with Gasteiger partial charge in [0.15, 0.2) is 5.76 Å². The fourth-order valence-corrected chi connectivity index (χ4v) is 2.53. The summed E-state index contributed by atoms with van der Waals surface area (Å²) in [7, 11) is 0. The first-order chi connectivity index (χ1) is 12.2. The Morgan fingerprint density at radius 1 is 1.04 bits per heavy atom. The number of furan rings is 1. The summed E-state index contributed by atoms with van der Waals surface area (Å²) in [4.78, 5) is 12.0. The largest absolute Gasteiger partial charge is 0.453 e. The van der Waals surface area contributed by atoms with Gasteiger partial charge in [-0.1, -0.05) is 35.5 Å².